The smallest absolute Gasteiger partial charge is 0.277 e. The van der Waals surface area contributed by atoms with Gasteiger partial charge >= 0.3 is 0 Å². The number of nitrogens with zero attached hydrogens (tertiary/aromatic N) is 1. The highest BCUT2D eigenvalue weighted by atomic mass is 35.5. The van der Waals surface area contributed by atoms with E-state index in [0.29, 0.717) is 16.5 Å². The molecule has 19 heavy (non-hydrogen) atoms. The van der Waals surface area contributed by atoms with E-state index in [4.69, 9.17) is 20.8 Å². The molecule has 98 valence electrons. The molecule has 1 amide bonds. The summed E-state index contributed by atoms with van der Waals surface area (Å²) in [6.45, 7) is -0.128. The maximum Gasteiger partial charge on any atom is 0.277 e. The van der Waals surface area contributed by atoms with Crippen molar-refractivity contribution in [2.75, 3.05) is 6.61 Å². The van der Waals surface area contributed by atoms with Gasteiger partial charge in [0.15, 0.2) is 6.61 Å². The first kappa shape index (κ1) is 13.2. The summed E-state index contributed by atoms with van der Waals surface area (Å²) in [5.74, 6) is 0.756. The van der Waals surface area contributed by atoms with Gasteiger partial charge in [-0.05, 0) is 36.4 Å². The summed E-state index contributed by atoms with van der Waals surface area (Å²) < 4.78 is 10.3. The van der Waals surface area contributed by atoms with E-state index in [0.717, 1.165) is 0 Å². The predicted molar refractivity (Wildman–Crippen MR) is 71.4 cm³/mol. The third kappa shape index (κ3) is 4.48. The number of benzene rings is 1. The summed E-state index contributed by atoms with van der Waals surface area (Å²) in [7, 11) is 0. The Hall–Kier alpha value is -2.27. The van der Waals surface area contributed by atoms with E-state index in [2.05, 4.69) is 10.5 Å². The predicted octanol–water partition coefficient (Wildman–Crippen LogP) is 2.46. The topological polar surface area (TPSA) is 63.8 Å². The number of amides is 1. The number of carbonyl (C=O) groups excluding carboxylic acids is 1. The van der Waals surface area contributed by atoms with Crippen LogP contribution in [-0.4, -0.2) is 18.7 Å². The summed E-state index contributed by atoms with van der Waals surface area (Å²) in [5, 5.41) is 4.33. The van der Waals surface area contributed by atoms with Crippen LogP contribution in [-0.2, 0) is 4.79 Å². The lowest BCUT2D eigenvalue weighted by atomic mass is 10.3. The Kier molecular flexibility index (Phi) is 4.58. The second-order valence-electron chi connectivity index (χ2n) is 3.55. The number of ether oxygens (including phenoxy) is 1. The molecule has 1 aromatic carbocycles. The molecule has 0 unspecified atom stereocenters. The van der Waals surface area contributed by atoms with Crippen LogP contribution in [0.1, 0.15) is 5.76 Å². The van der Waals surface area contributed by atoms with Crippen molar-refractivity contribution in [1.82, 2.24) is 5.43 Å². The second kappa shape index (κ2) is 6.61. The Balaban J connectivity index is 1.74. The van der Waals surface area contributed by atoms with Crippen LogP contribution in [0.4, 0.5) is 0 Å². The Labute approximate surface area is 114 Å². The molecule has 0 saturated carbocycles. The number of nitrogens with one attached hydrogen (secondary N) is 1. The van der Waals surface area contributed by atoms with E-state index in [9.17, 15) is 4.79 Å². The number of halogens is 1. The summed E-state index contributed by atoms with van der Waals surface area (Å²) in [6.07, 6.45) is 2.92. The highest BCUT2D eigenvalue weighted by Crippen LogP contribution is 2.15. The highest BCUT2D eigenvalue weighted by Gasteiger charge is 2.01. The first-order valence-corrected chi connectivity index (χ1v) is 5.85. The van der Waals surface area contributed by atoms with Gasteiger partial charge in [0.25, 0.3) is 5.91 Å². The van der Waals surface area contributed by atoms with Crippen molar-refractivity contribution < 1.29 is 13.9 Å². The lowest BCUT2D eigenvalue weighted by molar-refractivity contribution is -0.123. The molecule has 1 N–H and O–H groups in total. The quantitative estimate of drug-likeness (QED) is 0.675. The van der Waals surface area contributed by atoms with Gasteiger partial charge in [-0.3, -0.25) is 4.79 Å². The van der Waals surface area contributed by atoms with Gasteiger partial charge in [-0.1, -0.05) is 11.6 Å². The summed E-state index contributed by atoms with van der Waals surface area (Å²) >= 11 is 5.73. The van der Waals surface area contributed by atoms with E-state index in [1.54, 1.807) is 36.4 Å². The van der Waals surface area contributed by atoms with Gasteiger partial charge in [-0.15, -0.1) is 0 Å². The van der Waals surface area contributed by atoms with Gasteiger partial charge in [0.2, 0.25) is 0 Å². The van der Waals surface area contributed by atoms with Gasteiger partial charge in [0.1, 0.15) is 11.5 Å². The van der Waals surface area contributed by atoms with Crippen LogP contribution in [0, 0.1) is 0 Å². The van der Waals surface area contributed by atoms with Crippen molar-refractivity contribution in [2.24, 2.45) is 5.10 Å². The molecule has 0 bridgehead atoms. The average molecular weight is 279 g/mol. The Bertz CT molecular complexity index is 550. The van der Waals surface area contributed by atoms with Crippen LogP contribution in [0.25, 0.3) is 0 Å². The molecule has 6 heteroatoms. The largest absolute Gasteiger partial charge is 0.484 e. The first-order chi connectivity index (χ1) is 9.24. The SMILES string of the molecule is O=C(COc1ccc(Cl)cc1)NN=Cc1ccco1. The molecule has 0 saturated heterocycles. The molecular weight excluding hydrogens is 268 g/mol. The molecule has 1 aromatic heterocycles. The molecule has 5 nitrogen and oxygen atoms in total. The zero-order valence-electron chi connectivity index (χ0n) is 9.88. The molecule has 0 spiro atoms. The van der Waals surface area contributed by atoms with Crippen LogP contribution in [0.5, 0.6) is 5.75 Å². The molecule has 0 fully saturated rings. The van der Waals surface area contributed by atoms with E-state index < -0.39 is 0 Å². The fourth-order valence-electron chi connectivity index (χ4n) is 1.24. The summed E-state index contributed by atoms with van der Waals surface area (Å²) in [4.78, 5) is 11.4. The summed E-state index contributed by atoms with van der Waals surface area (Å²) in [6, 6.07) is 10.2. The lowest BCUT2D eigenvalue weighted by Crippen LogP contribution is -2.24. The minimum atomic E-state index is -0.363. The molecule has 1 heterocycles. The minimum Gasteiger partial charge on any atom is -0.484 e. The van der Waals surface area contributed by atoms with Crippen LogP contribution < -0.4 is 10.2 Å². The first-order valence-electron chi connectivity index (χ1n) is 5.48. The van der Waals surface area contributed by atoms with Gasteiger partial charge in [-0.2, -0.15) is 5.10 Å². The maximum atomic E-state index is 11.4. The van der Waals surface area contributed by atoms with E-state index in [1.807, 2.05) is 0 Å². The van der Waals surface area contributed by atoms with Crippen LogP contribution in [0.3, 0.4) is 0 Å². The monoisotopic (exact) mass is 278 g/mol. The van der Waals surface area contributed by atoms with Gasteiger partial charge in [0.05, 0.1) is 12.5 Å². The normalized spacial score (nSPS) is 10.6. The number of rotatable bonds is 5. The van der Waals surface area contributed by atoms with Crippen molar-refractivity contribution in [3.8, 4) is 5.75 Å². The fraction of sp³-hybridized carbons (Fsp3) is 0.0769. The summed E-state index contributed by atoms with van der Waals surface area (Å²) in [5.41, 5.74) is 2.32. The third-order valence-electron chi connectivity index (χ3n) is 2.11. The molecular formula is C13H11ClN2O3. The number of hydrazone groups is 1. The molecule has 0 aliphatic carbocycles. The maximum absolute atomic E-state index is 11.4. The van der Waals surface area contributed by atoms with Gasteiger partial charge < -0.3 is 9.15 Å². The van der Waals surface area contributed by atoms with Crippen LogP contribution >= 0.6 is 11.6 Å². The van der Waals surface area contributed by atoms with Crippen molar-refractivity contribution in [3.63, 3.8) is 0 Å². The van der Waals surface area contributed by atoms with Crippen molar-refractivity contribution in [1.29, 1.82) is 0 Å². The van der Waals surface area contributed by atoms with Gasteiger partial charge in [0, 0.05) is 5.02 Å². The molecule has 2 rings (SSSR count). The Morgan fingerprint density at radius 1 is 1.37 bits per heavy atom. The molecule has 0 radical (unpaired) electrons. The highest BCUT2D eigenvalue weighted by molar-refractivity contribution is 6.30. The van der Waals surface area contributed by atoms with E-state index >= 15 is 0 Å². The van der Waals surface area contributed by atoms with Gasteiger partial charge in [-0.25, -0.2) is 5.43 Å². The van der Waals surface area contributed by atoms with Crippen LogP contribution in [0.2, 0.25) is 5.02 Å². The van der Waals surface area contributed by atoms with E-state index in [-0.39, 0.29) is 12.5 Å². The number of hydrogen-bond donors (Lipinski definition) is 1. The molecule has 0 aliphatic rings. The molecule has 2 aromatic rings. The number of hydrogen-bond acceptors (Lipinski definition) is 4. The standard InChI is InChI=1S/C13H11ClN2O3/c14-10-3-5-11(6-4-10)19-9-13(17)16-15-8-12-2-1-7-18-12/h1-8H,9H2,(H,16,17). The Morgan fingerprint density at radius 3 is 2.84 bits per heavy atom. The zero-order valence-corrected chi connectivity index (χ0v) is 10.6. The third-order valence-corrected chi connectivity index (χ3v) is 2.36. The van der Waals surface area contributed by atoms with Crippen LogP contribution in [0.15, 0.2) is 52.2 Å². The number of furan rings is 1. The average Bonchev–Trinajstić information content (AvgIpc) is 2.91. The van der Waals surface area contributed by atoms with Crippen molar-refractivity contribution in [3.05, 3.63) is 53.4 Å². The van der Waals surface area contributed by atoms with Crippen molar-refractivity contribution in [2.45, 2.75) is 0 Å². The Morgan fingerprint density at radius 2 is 2.16 bits per heavy atom. The minimum absolute atomic E-state index is 0.128. The second-order valence-corrected chi connectivity index (χ2v) is 3.99. The zero-order chi connectivity index (χ0) is 13.5. The van der Waals surface area contributed by atoms with E-state index in [1.165, 1.54) is 12.5 Å². The fourth-order valence-corrected chi connectivity index (χ4v) is 1.37. The number of carbonyl (C=O) groups is 1. The molecule has 0 aliphatic heterocycles. The molecule has 0 atom stereocenters. The lowest BCUT2D eigenvalue weighted by Gasteiger charge is -2.04. The van der Waals surface area contributed by atoms with Crippen molar-refractivity contribution >= 4 is 23.7 Å².